The molecule has 0 radical (unpaired) electrons. The van der Waals surface area contributed by atoms with E-state index in [4.69, 9.17) is 0 Å². The Hall–Kier alpha value is -2.60. The highest BCUT2D eigenvalue weighted by molar-refractivity contribution is 5.94. The Morgan fingerprint density at radius 1 is 1.09 bits per heavy atom. The first kappa shape index (κ1) is 15.8. The first-order valence-corrected chi connectivity index (χ1v) is 7.58. The Morgan fingerprint density at radius 3 is 2.23 bits per heavy atom. The smallest absolute Gasteiger partial charge is 0.255 e. The van der Waals surface area contributed by atoms with Crippen LogP contribution in [0.5, 0.6) is 0 Å². The quantitative estimate of drug-likeness (QED) is 0.801. The van der Waals surface area contributed by atoms with Gasteiger partial charge < -0.3 is 4.90 Å². The van der Waals surface area contributed by atoms with Crippen LogP contribution in [0, 0.1) is 11.3 Å². The van der Waals surface area contributed by atoms with Crippen LogP contribution in [0.15, 0.2) is 60.7 Å². The highest BCUT2D eigenvalue weighted by Crippen LogP contribution is 2.22. The van der Waals surface area contributed by atoms with Crippen LogP contribution in [0.3, 0.4) is 0 Å². The minimum atomic E-state index is -0.555. The molecule has 0 N–H and O–H groups in total. The summed E-state index contributed by atoms with van der Waals surface area (Å²) < 4.78 is 0. The summed E-state index contributed by atoms with van der Waals surface area (Å²) >= 11 is 0. The highest BCUT2D eigenvalue weighted by Gasteiger charge is 2.25. The zero-order chi connectivity index (χ0) is 15.8. The maximum atomic E-state index is 12.8. The molecular formula is C19H20N2O. The molecule has 0 unspecified atom stereocenters. The van der Waals surface area contributed by atoms with Crippen LogP contribution in [0.25, 0.3) is 0 Å². The molecule has 0 aliphatic carbocycles. The molecule has 2 aromatic carbocycles. The number of unbranched alkanes of at least 4 members (excludes halogenated alkanes) is 1. The molecule has 0 saturated carbocycles. The minimum absolute atomic E-state index is 0.0931. The molecule has 1 atom stereocenters. The number of amides is 1. The second-order valence-electron chi connectivity index (χ2n) is 5.16. The number of hydrogen-bond donors (Lipinski definition) is 0. The number of nitriles is 1. The zero-order valence-electron chi connectivity index (χ0n) is 12.8. The third-order valence-corrected chi connectivity index (χ3v) is 3.58. The summed E-state index contributed by atoms with van der Waals surface area (Å²) in [5.74, 6) is -0.0931. The van der Waals surface area contributed by atoms with E-state index in [1.54, 1.807) is 17.0 Å². The third-order valence-electron chi connectivity index (χ3n) is 3.58. The number of nitrogens with zero attached hydrogens (tertiary/aromatic N) is 2. The van der Waals surface area contributed by atoms with Gasteiger partial charge in [-0.05, 0) is 24.1 Å². The fourth-order valence-corrected chi connectivity index (χ4v) is 2.38. The molecule has 0 spiro atoms. The van der Waals surface area contributed by atoms with Crippen molar-refractivity contribution in [2.75, 3.05) is 6.54 Å². The SMILES string of the molecule is CCCCN(C(=O)c1ccccc1)[C@@H](C#N)c1ccccc1. The molecule has 2 aromatic rings. The van der Waals surface area contributed by atoms with Gasteiger partial charge in [-0.15, -0.1) is 0 Å². The fraction of sp³-hybridized carbons (Fsp3) is 0.263. The van der Waals surface area contributed by atoms with Crippen molar-refractivity contribution >= 4 is 5.91 Å². The van der Waals surface area contributed by atoms with Crippen molar-refractivity contribution in [2.24, 2.45) is 0 Å². The third kappa shape index (κ3) is 3.73. The summed E-state index contributed by atoms with van der Waals surface area (Å²) in [6.45, 7) is 2.66. The van der Waals surface area contributed by atoms with E-state index >= 15 is 0 Å². The van der Waals surface area contributed by atoms with E-state index in [1.807, 2.05) is 48.5 Å². The van der Waals surface area contributed by atoms with Gasteiger partial charge in [0.1, 0.15) is 6.04 Å². The van der Waals surface area contributed by atoms with E-state index < -0.39 is 6.04 Å². The van der Waals surface area contributed by atoms with Crippen molar-refractivity contribution in [3.63, 3.8) is 0 Å². The molecule has 3 nitrogen and oxygen atoms in total. The minimum Gasteiger partial charge on any atom is -0.319 e. The number of carbonyl (C=O) groups is 1. The molecule has 0 fully saturated rings. The van der Waals surface area contributed by atoms with E-state index in [0.29, 0.717) is 12.1 Å². The van der Waals surface area contributed by atoms with Gasteiger partial charge in [0.05, 0.1) is 6.07 Å². The van der Waals surface area contributed by atoms with E-state index in [2.05, 4.69) is 13.0 Å². The average molecular weight is 292 g/mol. The van der Waals surface area contributed by atoms with Crippen molar-refractivity contribution in [1.82, 2.24) is 4.90 Å². The molecular weight excluding hydrogens is 272 g/mol. The monoisotopic (exact) mass is 292 g/mol. The molecule has 2 rings (SSSR count). The van der Waals surface area contributed by atoms with Crippen LogP contribution in [-0.4, -0.2) is 17.4 Å². The molecule has 0 aliphatic rings. The molecule has 0 aromatic heterocycles. The Morgan fingerprint density at radius 2 is 1.68 bits per heavy atom. The normalized spacial score (nSPS) is 11.5. The van der Waals surface area contributed by atoms with Gasteiger partial charge in [0.25, 0.3) is 5.91 Å². The molecule has 0 saturated heterocycles. The Labute approximate surface area is 131 Å². The van der Waals surface area contributed by atoms with E-state index in [1.165, 1.54) is 0 Å². The Balaban J connectivity index is 2.32. The van der Waals surface area contributed by atoms with Crippen LogP contribution in [0.2, 0.25) is 0 Å². The average Bonchev–Trinajstić information content (AvgIpc) is 2.59. The lowest BCUT2D eigenvalue weighted by atomic mass is 10.0. The van der Waals surface area contributed by atoms with Crippen LogP contribution in [-0.2, 0) is 0 Å². The van der Waals surface area contributed by atoms with Crippen molar-refractivity contribution < 1.29 is 4.79 Å². The Kier molecular flexibility index (Phi) is 5.73. The van der Waals surface area contributed by atoms with Crippen molar-refractivity contribution in [3.05, 3.63) is 71.8 Å². The topological polar surface area (TPSA) is 44.1 Å². The zero-order valence-corrected chi connectivity index (χ0v) is 12.8. The second-order valence-corrected chi connectivity index (χ2v) is 5.16. The molecule has 3 heteroatoms. The van der Waals surface area contributed by atoms with Gasteiger partial charge >= 0.3 is 0 Å². The van der Waals surface area contributed by atoms with Crippen molar-refractivity contribution in [3.8, 4) is 6.07 Å². The molecule has 22 heavy (non-hydrogen) atoms. The molecule has 1 amide bonds. The first-order chi connectivity index (χ1) is 10.8. The highest BCUT2D eigenvalue weighted by atomic mass is 16.2. The van der Waals surface area contributed by atoms with E-state index in [9.17, 15) is 10.1 Å². The summed E-state index contributed by atoms with van der Waals surface area (Å²) in [6.07, 6.45) is 1.86. The van der Waals surface area contributed by atoms with Gasteiger partial charge in [0, 0.05) is 12.1 Å². The standard InChI is InChI=1S/C19H20N2O/c1-2-3-14-21(19(22)17-12-8-5-9-13-17)18(15-20)16-10-6-4-7-11-16/h4-13,18H,2-3,14H2,1H3/t18-/m0/s1. The first-order valence-electron chi connectivity index (χ1n) is 7.58. The van der Waals surface area contributed by atoms with Crippen molar-refractivity contribution in [2.45, 2.75) is 25.8 Å². The number of benzene rings is 2. The largest absolute Gasteiger partial charge is 0.319 e. The van der Waals surface area contributed by atoms with Crippen molar-refractivity contribution in [1.29, 1.82) is 5.26 Å². The number of rotatable bonds is 6. The maximum absolute atomic E-state index is 12.8. The van der Waals surface area contributed by atoms with Gasteiger partial charge in [-0.2, -0.15) is 5.26 Å². The van der Waals surface area contributed by atoms with Gasteiger partial charge in [0.2, 0.25) is 0 Å². The fourth-order valence-electron chi connectivity index (χ4n) is 2.38. The van der Waals surface area contributed by atoms with Crippen LogP contribution >= 0.6 is 0 Å². The summed E-state index contributed by atoms with van der Waals surface area (Å²) in [6, 6.07) is 20.4. The lowest BCUT2D eigenvalue weighted by Crippen LogP contribution is -2.35. The van der Waals surface area contributed by atoms with Crippen LogP contribution in [0.4, 0.5) is 0 Å². The molecule has 0 heterocycles. The van der Waals surface area contributed by atoms with Crippen LogP contribution < -0.4 is 0 Å². The summed E-state index contributed by atoms with van der Waals surface area (Å²) in [7, 11) is 0. The number of hydrogen-bond acceptors (Lipinski definition) is 2. The maximum Gasteiger partial charge on any atom is 0.255 e. The summed E-state index contributed by atoms with van der Waals surface area (Å²) in [5, 5.41) is 9.60. The summed E-state index contributed by atoms with van der Waals surface area (Å²) in [4.78, 5) is 14.5. The van der Waals surface area contributed by atoms with Gasteiger partial charge in [0.15, 0.2) is 0 Å². The lowest BCUT2D eigenvalue weighted by molar-refractivity contribution is 0.0714. The summed E-state index contributed by atoms with van der Waals surface area (Å²) in [5.41, 5.74) is 1.47. The predicted octanol–water partition coefficient (Wildman–Crippen LogP) is 4.19. The number of carbonyl (C=O) groups excluding carboxylic acids is 1. The van der Waals surface area contributed by atoms with Gasteiger partial charge in [-0.3, -0.25) is 4.79 Å². The lowest BCUT2D eigenvalue weighted by Gasteiger charge is -2.27. The molecule has 112 valence electrons. The molecule has 0 bridgehead atoms. The van der Waals surface area contributed by atoms with E-state index in [0.717, 1.165) is 18.4 Å². The van der Waals surface area contributed by atoms with Crippen LogP contribution in [0.1, 0.15) is 41.7 Å². The molecule has 0 aliphatic heterocycles. The van der Waals surface area contributed by atoms with E-state index in [-0.39, 0.29) is 5.91 Å². The Bertz CT molecular complexity index is 631. The van der Waals surface area contributed by atoms with Gasteiger partial charge in [-0.25, -0.2) is 0 Å². The second kappa shape index (κ2) is 7.99. The predicted molar refractivity (Wildman–Crippen MR) is 87.2 cm³/mol. The van der Waals surface area contributed by atoms with Gasteiger partial charge in [-0.1, -0.05) is 61.9 Å².